The Bertz CT molecular complexity index is 1330. The highest BCUT2D eigenvalue weighted by Crippen LogP contribution is 2.32. The fourth-order valence-electron chi connectivity index (χ4n) is 3.39. The van der Waals surface area contributed by atoms with E-state index in [9.17, 15) is 4.79 Å². The maximum absolute atomic E-state index is 12.7. The first-order valence-corrected chi connectivity index (χ1v) is 8.82. The topological polar surface area (TPSA) is 77.6 Å². The molecule has 7 heteroatoms. The van der Waals surface area contributed by atoms with E-state index in [2.05, 4.69) is 38.7 Å². The Labute approximate surface area is 160 Å². The summed E-state index contributed by atoms with van der Waals surface area (Å²) >= 11 is 0. The average Bonchev–Trinajstić information content (AvgIpc) is 3.32. The minimum atomic E-state index is -0.398. The highest BCUT2D eigenvalue weighted by molar-refractivity contribution is 6.01. The standard InChI is InChI=1S/C21H16N6O/c1-26-13-23-19(24-26)21(28)25-27-18(12-15-8-5-11-22-20(15)27)17-10-4-7-14-6-2-3-9-16(14)17/h2-13H,1H3,(H,25,28). The first kappa shape index (κ1) is 16.2. The number of nitrogens with one attached hydrogen (secondary N) is 1. The number of fused-ring (bicyclic) bond motifs is 2. The van der Waals surface area contributed by atoms with Crippen LogP contribution in [0.5, 0.6) is 0 Å². The van der Waals surface area contributed by atoms with E-state index < -0.39 is 5.91 Å². The third kappa shape index (κ3) is 2.61. The van der Waals surface area contributed by atoms with Crippen molar-refractivity contribution in [2.24, 2.45) is 7.05 Å². The lowest BCUT2D eigenvalue weighted by Crippen LogP contribution is -2.25. The van der Waals surface area contributed by atoms with Gasteiger partial charge in [-0.25, -0.2) is 14.6 Å². The second kappa shape index (κ2) is 6.31. The number of nitrogens with zero attached hydrogens (tertiary/aromatic N) is 5. The van der Waals surface area contributed by atoms with Crippen LogP contribution in [0.4, 0.5) is 0 Å². The molecule has 0 unspecified atom stereocenters. The number of pyridine rings is 1. The normalized spacial score (nSPS) is 11.2. The van der Waals surface area contributed by atoms with E-state index in [-0.39, 0.29) is 5.82 Å². The Morgan fingerprint density at radius 1 is 0.964 bits per heavy atom. The number of rotatable bonds is 3. The van der Waals surface area contributed by atoms with Crippen molar-refractivity contribution in [1.82, 2.24) is 24.4 Å². The Kier molecular flexibility index (Phi) is 3.65. The first-order chi connectivity index (χ1) is 13.7. The molecule has 7 nitrogen and oxygen atoms in total. The van der Waals surface area contributed by atoms with Crippen molar-refractivity contribution in [2.45, 2.75) is 0 Å². The van der Waals surface area contributed by atoms with Gasteiger partial charge >= 0.3 is 5.91 Å². The summed E-state index contributed by atoms with van der Waals surface area (Å²) in [4.78, 5) is 21.2. The zero-order chi connectivity index (χ0) is 19.1. The summed E-state index contributed by atoms with van der Waals surface area (Å²) in [6.45, 7) is 0. The molecule has 5 rings (SSSR count). The second-order valence-electron chi connectivity index (χ2n) is 6.49. The van der Waals surface area contributed by atoms with Crippen LogP contribution in [0.15, 0.2) is 73.2 Å². The molecule has 0 aliphatic heterocycles. The Morgan fingerprint density at radius 2 is 1.79 bits per heavy atom. The van der Waals surface area contributed by atoms with Crippen LogP contribution in [0.2, 0.25) is 0 Å². The molecule has 0 aliphatic carbocycles. The molecule has 3 heterocycles. The van der Waals surface area contributed by atoms with Gasteiger partial charge < -0.3 is 0 Å². The summed E-state index contributed by atoms with van der Waals surface area (Å²) < 4.78 is 3.20. The molecule has 0 saturated heterocycles. The van der Waals surface area contributed by atoms with Gasteiger partial charge in [0.1, 0.15) is 6.33 Å². The summed E-state index contributed by atoms with van der Waals surface area (Å²) in [5.74, 6) is -0.297. The predicted molar refractivity (Wildman–Crippen MR) is 107 cm³/mol. The summed E-state index contributed by atoms with van der Waals surface area (Å²) in [7, 11) is 1.72. The fraction of sp³-hybridized carbons (Fsp3) is 0.0476. The Morgan fingerprint density at radius 3 is 2.64 bits per heavy atom. The third-order valence-electron chi connectivity index (χ3n) is 4.64. The Balaban J connectivity index is 1.71. The van der Waals surface area contributed by atoms with Crippen molar-refractivity contribution in [2.75, 3.05) is 5.43 Å². The smallest absolute Gasteiger partial charge is 0.264 e. The minimum Gasteiger partial charge on any atom is -0.264 e. The number of carbonyl (C=O) groups is 1. The van der Waals surface area contributed by atoms with Crippen LogP contribution in [-0.2, 0) is 7.05 Å². The van der Waals surface area contributed by atoms with Crippen molar-refractivity contribution < 1.29 is 4.79 Å². The van der Waals surface area contributed by atoms with Crippen molar-refractivity contribution in [3.63, 3.8) is 0 Å². The van der Waals surface area contributed by atoms with Gasteiger partial charge in [-0.2, -0.15) is 0 Å². The molecule has 1 amide bonds. The molecule has 0 saturated carbocycles. The van der Waals surface area contributed by atoms with Crippen LogP contribution in [0, 0.1) is 0 Å². The average molecular weight is 368 g/mol. The van der Waals surface area contributed by atoms with Gasteiger partial charge in [0.15, 0.2) is 5.65 Å². The molecule has 0 fully saturated rings. The number of aromatic nitrogens is 5. The second-order valence-corrected chi connectivity index (χ2v) is 6.49. The van der Waals surface area contributed by atoms with E-state index in [1.54, 1.807) is 17.9 Å². The van der Waals surface area contributed by atoms with E-state index in [0.29, 0.717) is 5.65 Å². The van der Waals surface area contributed by atoms with Crippen LogP contribution >= 0.6 is 0 Å². The van der Waals surface area contributed by atoms with Gasteiger partial charge in [-0.05, 0) is 29.0 Å². The highest BCUT2D eigenvalue weighted by atomic mass is 16.2. The molecule has 3 aromatic heterocycles. The summed E-state index contributed by atoms with van der Waals surface area (Å²) in [5, 5.41) is 7.24. The molecule has 136 valence electrons. The van der Waals surface area contributed by atoms with Crippen LogP contribution < -0.4 is 5.43 Å². The lowest BCUT2D eigenvalue weighted by Gasteiger charge is -2.12. The molecule has 2 aromatic carbocycles. The van der Waals surface area contributed by atoms with Crippen LogP contribution in [0.25, 0.3) is 33.1 Å². The first-order valence-electron chi connectivity index (χ1n) is 8.82. The summed E-state index contributed by atoms with van der Waals surface area (Å²) in [6, 6.07) is 20.2. The maximum atomic E-state index is 12.7. The van der Waals surface area contributed by atoms with Crippen molar-refractivity contribution in [3.05, 3.63) is 79.0 Å². The van der Waals surface area contributed by atoms with E-state index in [4.69, 9.17) is 0 Å². The molecule has 0 radical (unpaired) electrons. The van der Waals surface area contributed by atoms with Crippen LogP contribution in [0.1, 0.15) is 10.6 Å². The lowest BCUT2D eigenvalue weighted by molar-refractivity contribution is 0.0998. The van der Waals surface area contributed by atoms with Crippen molar-refractivity contribution >= 4 is 27.7 Å². The number of aryl methyl sites for hydroxylation is 1. The van der Waals surface area contributed by atoms with Gasteiger partial charge in [-0.1, -0.05) is 42.5 Å². The van der Waals surface area contributed by atoms with Gasteiger partial charge in [0.05, 0.1) is 5.69 Å². The summed E-state index contributed by atoms with van der Waals surface area (Å²) in [6.07, 6.45) is 3.20. The van der Waals surface area contributed by atoms with E-state index in [0.717, 1.165) is 27.4 Å². The van der Waals surface area contributed by atoms with Gasteiger partial charge in [0.2, 0.25) is 5.82 Å². The van der Waals surface area contributed by atoms with Gasteiger partial charge in [0, 0.05) is 24.2 Å². The molecule has 0 aliphatic rings. The lowest BCUT2D eigenvalue weighted by atomic mass is 10.0. The zero-order valence-corrected chi connectivity index (χ0v) is 15.1. The van der Waals surface area contributed by atoms with E-state index >= 15 is 0 Å². The number of hydrogen-bond acceptors (Lipinski definition) is 4. The number of carbonyl (C=O) groups excluding carboxylic acids is 1. The van der Waals surface area contributed by atoms with Crippen LogP contribution in [-0.4, -0.2) is 30.3 Å². The number of hydrogen-bond donors (Lipinski definition) is 1. The monoisotopic (exact) mass is 368 g/mol. The molecular weight excluding hydrogens is 352 g/mol. The van der Waals surface area contributed by atoms with Gasteiger partial charge in [0.25, 0.3) is 0 Å². The molecule has 0 atom stereocenters. The minimum absolute atomic E-state index is 0.101. The predicted octanol–water partition coefficient (Wildman–Crippen LogP) is 3.37. The molecular formula is C21H16N6O. The molecule has 5 aromatic rings. The third-order valence-corrected chi connectivity index (χ3v) is 4.64. The van der Waals surface area contributed by atoms with Crippen molar-refractivity contribution in [3.8, 4) is 11.3 Å². The summed E-state index contributed by atoms with van der Waals surface area (Å²) in [5.41, 5.74) is 5.41. The molecule has 28 heavy (non-hydrogen) atoms. The zero-order valence-electron chi connectivity index (χ0n) is 15.1. The van der Waals surface area contributed by atoms with E-state index in [1.807, 2.05) is 42.5 Å². The quantitative estimate of drug-likeness (QED) is 0.530. The molecule has 0 bridgehead atoms. The number of amides is 1. The fourth-order valence-corrected chi connectivity index (χ4v) is 3.39. The van der Waals surface area contributed by atoms with Gasteiger partial charge in [-0.3, -0.25) is 14.9 Å². The van der Waals surface area contributed by atoms with Gasteiger partial charge in [-0.15, -0.1) is 5.10 Å². The van der Waals surface area contributed by atoms with E-state index in [1.165, 1.54) is 11.0 Å². The van der Waals surface area contributed by atoms with Crippen LogP contribution in [0.3, 0.4) is 0 Å². The van der Waals surface area contributed by atoms with Crippen molar-refractivity contribution in [1.29, 1.82) is 0 Å². The largest absolute Gasteiger partial charge is 0.309 e. The SMILES string of the molecule is Cn1cnc(C(=O)Nn2c(-c3cccc4ccccc34)cc3cccnc32)n1. The maximum Gasteiger partial charge on any atom is 0.309 e. The molecule has 0 spiro atoms. The Hall–Kier alpha value is -4.00. The highest BCUT2D eigenvalue weighted by Gasteiger charge is 2.18. The molecule has 1 N–H and O–H groups in total. The number of benzene rings is 2.